The maximum Gasteiger partial charge on any atom is 0.305 e. The molecule has 1 aromatic carbocycles. The second-order valence-corrected chi connectivity index (χ2v) is 15.1. The molecule has 3 atom stereocenters. The Morgan fingerprint density at radius 1 is 0.852 bits per heavy atom. The molecule has 10 nitrogen and oxygen atoms in total. The lowest BCUT2D eigenvalue weighted by Gasteiger charge is -2.27. The van der Waals surface area contributed by atoms with Gasteiger partial charge in [-0.25, -0.2) is 9.97 Å². The third kappa shape index (κ3) is 6.16. The van der Waals surface area contributed by atoms with Crippen molar-refractivity contribution in [2.24, 2.45) is 0 Å². The predicted octanol–water partition coefficient (Wildman–Crippen LogP) is 8.91. The molecule has 7 rings (SSSR count). The quantitative estimate of drug-likeness (QED) is 0.175. The Morgan fingerprint density at radius 3 is 2.19 bits per heavy atom. The lowest BCUT2D eigenvalue weighted by Crippen LogP contribution is -2.40. The number of esters is 1. The van der Waals surface area contributed by atoms with Crippen LogP contribution < -0.4 is 0 Å². The number of allylic oxidation sites excluding steroid dienone is 3. The van der Waals surface area contributed by atoms with Crippen LogP contribution >= 0.6 is 0 Å². The van der Waals surface area contributed by atoms with Gasteiger partial charge < -0.3 is 19.4 Å². The van der Waals surface area contributed by atoms with Gasteiger partial charge in [-0.3, -0.25) is 19.3 Å². The zero-order valence-corrected chi connectivity index (χ0v) is 32.9. The van der Waals surface area contributed by atoms with Crippen molar-refractivity contribution in [2.75, 3.05) is 14.2 Å². The number of imide groups is 1. The van der Waals surface area contributed by atoms with Crippen molar-refractivity contribution < 1.29 is 23.9 Å². The van der Waals surface area contributed by atoms with Gasteiger partial charge in [0, 0.05) is 47.8 Å². The number of nitrogens with zero attached hydrogens (tertiary/aromatic N) is 3. The van der Waals surface area contributed by atoms with Crippen molar-refractivity contribution in [3.8, 4) is 0 Å². The third-order valence-electron chi connectivity index (χ3n) is 11.6. The van der Waals surface area contributed by atoms with E-state index in [2.05, 4.69) is 43.7 Å². The summed E-state index contributed by atoms with van der Waals surface area (Å²) < 4.78 is 10.9. The summed E-state index contributed by atoms with van der Waals surface area (Å²) in [5, 5.41) is 0. The fraction of sp³-hybridized carbons (Fsp3) is 0.386. The van der Waals surface area contributed by atoms with E-state index in [1.165, 1.54) is 12.0 Å². The number of carbonyl (C=O) groups is 3. The number of hydrogen-bond acceptors (Lipinski definition) is 7. The molecule has 0 spiro atoms. The molecular weight excluding hydrogens is 679 g/mol. The number of ether oxygens (including phenoxy) is 2. The van der Waals surface area contributed by atoms with E-state index in [9.17, 15) is 14.4 Å². The molecule has 1 unspecified atom stereocenters. The molecule has 0 saturated heterocycles. The van der Waals surface area contributed by atoms with E-state index in [1.54, 1.807) is 7.11 Å². The Labute approximate surface area is 316 Å². The average Bonchev–Trinajstić information content (AvgIpc) is 3.81. The largest absolute Gasteiger partial charge is 0.469 e. The topological polar surface area (TPSA) is 130 Å². The SMILES string of the molecule is CCC1=C(C)c2cc3nc(cc4[nH]c(c5c6[nH]c(cc1n2)c(C)c6C(=O)N(Cc1cc(C)cc(C)c1)C5=O)[C@@H](CCC(=O)OC)[C@@H]4C)C(C)=C3C(C)OC. The fourth-order valence-corrected chi connectivity index (χ4v) is 8.66. The first-order valence-electron chi connectivity index (χ1n) is 18.8. The molecular formula is C44H49N5O5. The summed E-state index contributed by atoms with van der Waals surface area (Å²) in [6, 6.07) is 12.2. The number of hydrogen-bond donors (Lipinski definition) is 2. The zero-order valence-electron chi connectivity index (χ0n) is 32.9. The fourth-order valence-electron chi connectivity index (χ4n) is 8.66. The molecule has 2 amide bonds. The van der Waals surface area contributed by atoms with Crippen molar-refractivity contribution in [1.29, 1.82) is 0 Å². The number of methoxy groups -OCH3 is 2. The molecule has 6 heterocycles. The number of aromatic nitrogens is 4. The highest BCUT2D eigenvalue weighted by Gasteiger charge is 2.41. The van der Waals surface area contributed by atoms with Gasteiger partial charge in [0.1, 0.15) is 0 Å². The molecule has 8 bridgehead atoms. The minimum Gasteiger partial charge on any atom is -0.469 e. The first-order chi connectivity index (χ1) is 25.8. The first-order valence-corrected chi connectivity index (χ1v) is 18.8. The number of aryl methyl sites for hydroxylation is 3. The number of fused-ring (bicyclic) bond motifs is 8. The zero-order chi connectivity index (χ0) is 38.7. The summed E-state index contributed by atoms with van der Waals surface area (Å²) in [6.07, 6.45) is 1.13. The molecule has 280 valence electrons. The second kappa shape index (κ2) is 14.1. The van der Waals surface area contributed by atoms with Crippen LogP contribution in [0.1, 0.15) is 143 Å². The van der Waals surface area contributed by atoms with Crippen molar-refractivity contribution in [3.05, 3.63) is 104 Å². The summed E-state index contributed by atoms with van der Waals surface area (Å²) in [6.45, 7) is 16.4. The lowest BCUT2D eigenvalue weighted by molar-refractivity contribution is -0.140. The highest BCUT2D eigenvalue weighted by Crippen LogP contribution is 2.45. The molecule has 0 fully saturated rings. The maximum absolute atomic E-state index is 15.0. The Morgan fingerprint density at radius 2 is 1.52 bits per heavy atom. The van der Waals surface area contributed by atoms with Gasteiger partial charge in [-0.2, -0.15) is 0 Å². The molecule has 0 radical (unpaired) electrons. The number of aromatic amines is 2. The van der Waals surface area contributed by atoms with E-state index in [4.69, 9.17) is 19.4 Å². The monoisotopic (exact) mass is 727 g/mol. The highest BCUT2D eigenvalue weighted by molar-refractivity contribution is 6.23. The van der Waals surface area contributed by atoms with Crippen LogP contribution in [0, 0.1) is 20.8 Å². The van der Waals surface area contributed by atoms with Gasteiger partial charge in [-0.1, -0.05) is 43.2 Å². The van der Waals surface area contributed by atoms with Gasteiger partial charge in [0.25, 0.3) is 11.8 Å². The molecule has 0 saturated carbocycles. The Bertz CT molecular complexity index is 2370. The third-order valence-corrected chi connectivity index (χ3v) is 11.6. The average molecular weight is 728 g/mol. The molecule has 4 aliphatic heterocycles. The van der Waals surface area contributed by atoms with Gasteiger partial charge in [0.2, 0.25) is 0 Å². The number of carbonyl (C=O) groups excluding carboxylic acids is 3. The van der Waals surface area contributed by atoms with E-state index in [-0.39, 0.29) is 42.8 Å². The Hall–Kier alpha value is -5.35. The van der Waals surface area contributed by atoms with Crippen molar-refractivity contribution >= 4 is 51.1 Å². The Kier molecular flexibility index (Phi) is 9.68. The van der Waals surface area contributed by atoms with Crippen LogP contribution in [0.25, 0.3) is 33.3 Å². The van der Waals surface area contributed by atoms with Crippen LogP contribution in [0.15, 0.2) is 36.4 Å². The number of amides is 2. The van der Waals surface area contributed by atoms with Crippen LogP contribution in [0.4, 0.5) is 0 Å². The summed E-state index contributed by atoms with van der Waals surface area (Å²) in [4.78, 5) is 61.0. The second-order valence-electron chi connectivity index (χ2n) is 15.1. The predicted molar refractivity (Wildman–Crippen MR) is 211 cm³/mol. The summed E-state index contributed by atoms with van der Waals surface area (Å²) in [5.74, 6) is -1.46. The number of nitrogens with one attached hydrogen (secondary N) is 2. The molecule has 0 aliphatic carbocycles. The maximum atomic E-state index is 15.0. The van der Waals surface area contributed by atoms with Gasteiger partial charge >= 0.3 is 5.97 Å². The van der Waals surface area contributed by atoms with Crippen LogP contribution in [0.5, 0.6) is 0 Å². The first kappa shape index (κ1) is 37.0. The summed E-state index contributed by atoms with van der Waals surface area (Å²) in [5.41, 5.74) is 14.6. The van der Waals surface area contributed by atoms with Gasteiger partial charge in [-0.15, -0.1) is 0 Å². The number of benzene rings is 1. The molecule has 4 aliphatic rings. The van der Waals surface area contributed by atoms with E-state index in [0.29, 0.717) is 34.3 Å². The van der Waals surface area contributed by atoms with Crippen LogP contribution in [-0.2, 0) is 20.8 Å². The van der Waals surface area contributed by atoms with Crippen molar-refractivity contribution in [3.63, 3.8) is 0 Å². The van der Waals surface area contributed by atoms with Crippen LogP contribution in [0.2, 0.25) is 0 Å². The van der Waals surface area contributed by atoms with Crippen LogP contribution in [0.3, 0.4) is 0 Å². The van der Waals surface area contributed by atoms with Crippen LogP contribution in [-0.4, -0.2) is 62.9 Å². The standard InChI is InChI=1S/C44H49N5O5/c1-11-29-23(4)31-19-36-38(27(8)53-9)25(6)33(46-36)17-32-24(5)30(12-13-37(50)54-10)41(47-32)40-42-39(26(7)34(48-42)18-35(29)45-31)43(51)49(44(40)52)20-28-15-21(2)14-22(3)16-28/h14-19,24,27,30,47-48H,11-13,20H2,1-10H3/t24-,27?,30-/m0/s1. The number of rotatable bonds is 8. The van der Waals surface area contributed by atoms with Crippen molar-refractivity contribution in [1.82, 2.24) is 24.8 Å². The van der Waals surface area contributed by atoms with E-state index in [0.717, 1.165) is 79.4 Å². The molecule has 2 N–H and O–H groups in total. The molecule has 2 aromatic heterocycles. The highest BCUT2D eigenvalue weighted by atomic mass is 16.5. The minimum absolute atomic E-state index is 0.119. The summed E-state index contributed by atoms with van der Waals surface area (Å²) >= 11 is 0. The van der Waals surface area contributed by atoms with E-state index >= 15 is 0 Å². The molecule has 10 heteroatoms. The number of H-pyrrole nitrogens is 2. The molecule has 3 aromatic rings. The minimum atomic E-state index is -0.394. The van der Waals surface area contributed by atoms with E-state index in [1.807, 2.05) is 58.0 Å². The molecule has 54 heavy (non-hydrogen) atoms. The van der Waals surface area contributed by atoms with Gasteiger partial charge in [0.05, 0.1) is 59.2 Å². The smallest absolute Gasteiger partial charge is 0.305 e. The van der Waals surface area contributed by atoms with E-state index < -0.39 is 5.91 Å². The lowest BCUT2D eigenvalue weighted by atomic mass is 9.84. The Balaban J connectivity index is 1.60. The summed E-state index contributed by atoms with van der Waals surface area (Å²) in [7, 11) is 3.08. The van der Waals surface area contributed by atoms with Crippen molar-refractivity contribution in [2.45, 2.75) is 99.1 Å². The van der Waals surface area contributed by atoms with Gasteiger partial charge in [0.15, 0.2) is 0 Å². The van der Waals surface area contributed by atoms with Gasteiger partial charge in [-0.05, 0) is 100 Å². The normalized spacial score (nSPS) is 18.1.